The monoisotopic (exact) mass is 426 g/mol. The summed E-state index contributed by atoms with van der Waals surface area (Å²) in [5.41, 5.74) is 1.74. The summed E-state index contributed by atoms with van der Waals surface area (Å²) >= 11 is 0. The standard InChI is InChI=1S/C25H31FN2O3/c26-21-14-20-23(15-22(21)27-18-9-2-1-3-10-18)28(19-11-5-6-12-19)16-17(25(20)31)8-4-7-13-24(29)30/h7,13-16,18-19,27H,1-6,8-12H2,(H,29,30). The van der Waals surface area contributed by atoms with Crippen LogP contribution in [0.15, 0.2) is 35.3 Å². The second kappa shape index (κ2) is 9.67. The largest absolute Gasteiger partial charge is 0.478 e. The number of rotatable bonds is 7. The molecule has 0 amide bonds. The molecule has 2 aliphatic rings. The second-order valence-electron chi connectivity index (χ2n) is 8.94. The van der Waals surface area contributed by atoms with Crippen LogP contribution in [-0.2, 0) is 11.2 Å². The van der Waals surface area contributed by atoms with Gasteiger partial charge in [-0.3, -0.25) is 4.79 Å². The summed E-state index contributed by atoms with van der Waals surface area (Å²) in [6, 6.07) is 3.81. The van der Waals surface area contributed by atoms with Gasteiger partial charge in [-0.05, 0) is 50.7 Å². The molecule has 2 fully saturated rings. The molecule has 5 nitrogen and oxygen atoms in total. The molecule has 0 atom stereocenters. The number of allylic oxidation sites excluding steroid dienone is 1. The molecule has 0 spiro atoms. The Kier molecular flexibility index (Phi) is 6.73. The zero-order valence-corrected chi connectivity index (χ0v) is 17.9. The van der Waals surface area contributed by atoms with Gasteiger partial charge in [-0.25, -0.2) is 9.18 Å². The summed E-state index contributed by atoms with van der Waals surface area (Å²) in [7, 11) is 0. The van der Waals surface area contributed by atoms with E-state index in [1.807, 2.05) is 12.3 Å². The summed E-state index contributed by atoms with van der Waals surface area (Å²) in [6.07, 6.45) is 15.6. The molecule has 1 aromatic carbocycles. The number of pyridine rings is 1. The summed E-state index contributed by atoms with van der Waals surface area (Å²) in [6.45, 7) is 0. The lowest BCUT2D eigenvalue weighted by molar-refractivity contribution is -0.131. The van der Waals surface area contributed by atoms with E-state index in [0.717, 1.165) is 50.1 Å². The lowest BCUT2D eigenvalue weighted by Crippen LogP contribution is -2.23. The van der Waals surface area contributed by atoms with Crippen molar-refractivity contribution in [1.29, 1.82) is 0 Å². The van der Waals surface area contributed by atoms with E-state index < -0.39 is 5.97 Å². The molecule has 4 rings (SSSR count). The minimum atomic E-state index is -0.998. The topological polar surface area (TPSA) is 71.3 Å². The van der Waals surface area contributed by atoms with E-state index in [2.05, 4.69) is 9.88 Å². The number of aromatic nitrogens is 1. The molecule has 2 N–H and O–H groups in total. The molecular formula is C25H31FN2O3. The van der Waals surface area contributed by atoms with Crippen molar-refractivity contribution in [3.8, 4) is 0 Å². The van der Waals surface area contributed by atoms with Gasteiger partial charge < -0.3 is 15.0 Å². The average molecular weight is 427 g/mol. The summed E-state index contributed by atoms with van der Waals surface area (Å²) in [5, 5.41) is 12.6. The number of fused-ring (bicyclic) bond motifs is 1. The van der Waals surface area contributed by atoms with Crippen molar-refractivity contribution in [2.45, 2.75) is 82.7 Å². The number of aliphatic carboxylic acids is 1. The molecule has 0 unspecified atom stereocenters. The number of halogens is 1. The maximum Gasteiger partial charge on any atom is 0.327 e. The van der Waals surface area contributed by atoms with Gasteiger partial charge in [0.1, 0.15) is 5.82 Å². The summed E-state index contributed by atoms with van der Waals surface area (Å²) in [4.78, 5) is 23.8. The third-order valence-corrected chi connectivity index (χ3v) is 6.72. The van der Waals surface area contributed by atoms with Crippen molar-refractivity contribution in [3.63, 3.8) is 0 Å². The third-order valence-electron chi connectivity index (χ3n) is 6.72. The number of nitrogens with zero attached hydrogens (tertiary/aromatic N) is 1. The van der Waals surface area contributed by atoms with Crippen LogP contribution in [0.1, 0.15) is 75.8 Å². The van der Waals surface area contributed by atoms with Crippen LogP contribution in [0.3, 0.4) is 0 Å². The zero-order valence-electron chi connectivity index (χ0n) is 17.9. The van der Waals surface area contributed by atoms with Crippen LogP contribution in [0.2, 0.25) is 0 Å². The van der Waals surface area contributed by atoms with Gasteiger partial charge in [0, 0.05) is 35.3 Å². The Morgan fingerprint density at radius 1 is 1.13 bits per heavy atom. The van der Waals surface area contributed by atoms with Gasteiger partial charge >= 0.3 is 5.97 Å². The number of benzene rings is 1. The van der Waals surface area contributed by atoms with Gasteiger partial charge in [0.25, 0.3) is 0 Å². The number of hydrogen-bond acceptors (Lipinski definition) is 3. The van der Waals surface area contributed by atoms with Crippen LogP contribution in [0.5, 0.6) is 0 Å². The van der Waals surface area contributed by atoms with Gasteiger partial charge in [0.2, 0.25) is 0 Å². The number of carboxylic acids is 1. The molecule has 0 bridgehead atoms. The molecule has 6 heteroatoms. The summed E-state index contributed by atoms with van der Waals surface area (Å²) < 4.78 is 17.2. The van der Waals surface area contributed by atoms with E-state index >= 15 is 4.39 Å². The summed E-state index contributed by atoms with van der Waals surface area (Å²) in [5.74, 6) is -1.38. The van der Waals surface area contributed by atoms with Crippen molar-refractivity contribution in [1.82, 2.24) is 4.57 Å². The Hall–Kier alpha value is -2.63. The van der Waals surface area contributed by atoms with E-state index in [4.69, 9.17) is 5.11 Å². The maximum atomic E-state index is 15.0. The lowest BCUT2D eigenvalue weighted by atomic mass is 9.95. The Morgan fingerprint density at radius 3 is 2.55 bits per heavy atom. The molecule has 0 aliphatic heterocycles. The molecule has 31 heavy (non-hydrogen) atoms. The highest BCUT2D eigenvalue weighted by molar-refractivity contribution is 5.84. The first kappa shape index (κ1) is 21.6. The van der Waals surface area contributed by atoms with Crippen LogP contribution in [-0.4, -0.2) is 21.7 Å². The lowest BCUT2D eigenvalue weighted by Gasteiger charge is -2.25. The molecule has 2 aliphatic carbocycles. The van der Waals surface area contributed by atoms with Gasteiger partial charge in [-0.2, -0.15) is 0 Å². The van der Waals surface area contributed by atoms with Crippen molar-refractivity contribution in [3.05, 3.63) is 52.1 Å². The van der Waals surface area contributed by atoms with Crippen LogP contribution < -0.4 is 10.7 Å². The second-order valence-corrected chi connectivity index (χ2v) is 8.94. The predicted octanol–water partition coefficient (Wildman–Crippen LogP) is 5.57. The highest BCUT2D eigenvalue weighted by Gasteiger charge is 2.22. The van der Waals surface area contributed by atoms with Gasteiger partial charge in [-0.15, -0.1) is 0 Å². The quantitative estimate of drug-likeness (QED) is 0.568. The molecule has 0 saturated heterocycles. The Morgan fingerprint density at radius 2 is 1.84 bits per heavy atom. The molecule has 1 aromatic heterocycles. The number of carbonyl (C=O) groups is 1. The first-order chi connectivity index (χ1) is 15.0. The van der Waals surface area contributed by atoms with E-state index in [1.54, 1.807) is 6.08 Å². The van der Waals surface area contributed by atoms with E-state index in [-0.39, 0.29) is 17.3 Å². The third kappa shape index (κ3) is 5.00. The van der Waals surface area contributed by atoms with Crippen molar-refractivity contribution < 1.29 is 14.3 Å². The molecular weight excluding hydrogens is 395 g/mol. The van der Waals surface area contributed by atoms with E-state index in [1.165, 1.54) is 25.3 Å². The Labute approximate surface area is 182 Å². The maximum absolute atomic E-state index is 15.0. The van der Waals surface area contributed by atoms with Crippen LogP contribution in [0.4, 0.5) is 10.1 Å². The zero-order chi connectivity index (χ0) is 21.8. The number of hydrogen-bond donors (Lipinski definition) is 2. The molecule has 166 valence electrons. The predicted molar refractivity (Wildman–Crippen MR) is 121 cm³/mol. The van der Waals surface area contributed by atoms with E-state index in [0.29, 0.717) is 35.5 Å². The molecule has 2 aromatic rings. The fraction of sp³-hybridized carbons (Fsp3) is 0.520. The van der Waals surface area contributed by atoms with Crippen LogP contribution in [0.25, 0.3) is 10.9 Å². The first-order valence-electron chi connectivity index (χ1n) is 11.6. The highest BCUT2D eigenvalue weighted by atomic mass is 19.1. The fourth-order valence-electron chi connectivity index (χ4n) is 5.09. The molecule has 1 heterocycles. The average Bonchev–Trinajstić information content (AvgIpc) is 3.29. The van der Waals surface area contributed by atoms with Crippen LogP contribution in [0, 0.1) is 5.82 Å². The highest BCUT2D eigenvalue weighted by Crippen LogP contribution is 2.34. The van der Waals surface area contributed by atoms with Crippen molar-refractivity contribution in [2.24, 2.45) is 0 Å². The Balaban J connectivity index is 1.72. The SMILES string of the molecule is O=C(O)C=CCCc1cn(C2CCCC2)c2cc(NC3CCCCC3)c(F)cc2c1=O. The van der Waals surface area contributed by atoms with Gasteiger partial charge in [0.15, 0.2) is 5.43 Å². The fourth-order valence-corrected chi connectivity index (χ4v) is 5.09. The van der Waals surface area contributed by atoms with Gasteiger partial charge in [0.05, 0.1) is 11.2 Å². The smallest absolute Gasteiger partial charge is 0.327 e. The number of nitrogens with one attached hydrogen (secondary N) is 1. The number of anilines is 1. The number of aryl methyl sites for hydroxylation is 1. The van der Waals surface area contributed by atoms with Crippen molar-refractivity contribution in [2.75, 3.05) is 5.32 Å². The molecule has 2 saturated carbocycles. The Bertz CT molecular complexity index is 1030. The normalized spacial score (nSPS) is 18.2. The minimum absolute atomic E-state index is 0.156. The number of carboxylic acid groups (broad SMARTS) is 1. The van der Waals surface area contributed by atoms with Gasteiger partial charge in [-0.1, -0.05) is 38.2 Å². The minimum Gasteiger partial charge on any atom is -0.478 e. The van der Waals surface area contributed by atoms with E-state index in [9.17, 15) is 9.59 Å². The first-order valence-corrected chi connectivity index (χ1v) is 11.6. The van der Waals surface area contributed by atoms with Crippen LogP contribution >= 0.6 is 0 Å². The molecule has 0 radical (unpaired) electrons. The van der Waals surface area contributed by atoms with Crippen molar-refractivity contribution >= 4 is 22.6 Å².